The van der Waals surface area contributed by atoms with Crippen molar-refractivity contribution in [2.75, 3.05) is 46.4 Å². The zero-order valence-corrected chi connectivity index (χ0v) is 17.9. The summed E-state index contributed by atoms with van der Waals surface area (Å²) in [6, 6.07) is 0.524. The topological polar surface area (TPSA) is 48.9 Å². The molecule has 0 aromatic rings. The molecule has 1 fully saturated rings. The number of hydrogen-bond acceptors (Lipinski definition) is 3. The molecule has 138 valence electrons. The average molecular weight is 440 g/mol. The lowest BCUT2D eigenvalue weighted by Gasteiger charge is -2.37. The molecule has 1 heterocycles. The monoisotopic (exact) mass is 440 g/mol. The van der Waals surface area contributed by atoms with Gasteiger partial charge in [-0.25, -0.2) is 0 Å². The maximum atomic E-state index is 5.47. The number of guanidine groups is 1. The van der Waals surface area contributed by atoms with Crippen molar-refractivity contribution in [2.45, 2.75) is 46.6 Å². The minimum absolute atomic E-state index is 0. The first-order chi connectivity index (χ1) is 10.6. The minimum Gasteiger partial charge on any atom is -0.379 e. The molecule has 1 atom stereocenters. The summed E-state index contributed by atoms with van der Waals surface area (Å²) >= 11 is 0. The zero-order valence-electron chi connectivity index (χ0n) is 15.6. The molecule has 0 amide bonds. The first-order valence-electron chi connectivity index (χ1n) is 8.88. The molecule has 6 heteroatoms. The van der Waals surface area contributed by atoms with Gasteiger partial charge in [-0.2, -0.15) is 0 Å². The molecule has 2 N–H and O–H groups in total. The van der Waals surface area contributed by atoms with Crippen molar-refractivity contribution in [3.05, 3.63) is 0 Å². The van der Waals surface area contributed by atoms with Crippen LogP contribution in [0.3, 0.4) is 0 Å². The third kappa shape index (κ3) is 8.54. The lowest BCUT2D eigenvalue weighted by atomic mass is 10.0. The van der Waals surface area contributed by atoms with Gasteiger partial charge in [-0.05, 0) is 11.8 Å². The van der Waals surface area contributed by atoms with E-state index >= 15 is 0 Å². The average Bonchev–Trinajstić information content (AvgIpc) is 2.54. The van der Waals surface area contributed by atoms with Gasteiger partial charge in [0, 0.05) is 39.3 Å². The molecule has 1 rings (SSSR count). The number of aliphatic imine (C=N–C) groups is 1. The molecule has 1 saturated heterocycles. The second-order valence-electron chi connectivity index (χ2n) is 6.48. The van der Waals surface area contributed by atoms with Gasteiger partial charge in [0.1, 0.15) is 0 Å². The Kier molecular flexibility index (Phi) is 13.2. The molecule has 0 saturated carbocycles. The highest BCUT2D eigenvalue weighted by molar-refractivity contribution is 14.0. The third-order valence-electron chi connectivity index (χ3n) is 4.70. The van der Waals surface area contributed by atoms with E-state index in [4.69, 9.17) is 4.74 Å². The summed E-state index contributed by atoms with van der Waals surface area (Å²) in [4.78, 5) is 6.89. The second-order valence-corrected chi connectivity index (χ2v) is 6.48. The van der Waals surface area contributed by atoms with Crippen LogP contribution in [0.4, 0.5) is 0 Å². The first kappa shape index (κ1) is 22.9. The van der Waals surface area contributed by atoms with Crippen molar-refractivity contribution >= 4 is 29.9 Å². The zero-order chi connectivity index (χ0) is 16.4. The normalized spacial score (nSPS) is 18.0. The lowest BCUT2D eigenvalue weighted by molar-refractivity contribution is 0.00752. The van der Waals surface area contributed by atoms with E-state index in [0.717, 1.165) is 51.3 Å². The van der Waals surface area contributed by atoms with Crippen LogP contribution in [-0.2, 0) is 4.74 Å². The summed E-state index contributed by atoms with van der Waals surface area (Å²) < 4.78 is 5.47. The van der Waals surface area contributed by atoms with Gasteiger partial charge >= 0.3 is 0 Å². The highest BCUT2D eigenvalue weighted by atomic mass is 127. The molecular formula is C17H37IN4O. The number of hydrogen-bond donors (Lipinski definition) is 2. The molecule has 0 aliphatic carbocycles. The third-order valence-corrected chi connectivity index (χ3v) is 4.70. The van der Waals surface area contributed by atoms with E-state index < -0.39 is 0 Å². The second kappa shape index (κ2) is 13.2. The molecule has 0 bridgehead atoms. The number of ether oxygens (including phenoxy) is 1. The van der Waals surface area contributed by atoms with E-state index in [1.807, 2.05) is 7.05 Å². The SMILES string of the molecule is CCC(CC)CNC(=NC)NCC(C(C)C)N1CCOCC1.I. The van der Waals surface area contributed by atoms with Crippen LogP contribution in [0.2, 0.25) is 0 Å². The number of halogens is 1. The fourth-order valence-electron chi connectivity index (χ4n) is 2.94. The van der Waals surface area contributed by atoms with Gasteiger partial charge in [0.2, 0.25) is 0 Å². The predicted molar refractivity (Wildman–Crippen MR) is 110 cm³/mol. The molecule has 1 aliphatic heterocycles. The van der Waals surface area contributed by atoms with Crippen LogP contribution in [0.25, 0.3) is 0 Å². The van der Waals surface area contributed by atoms with Crippen LogP contribution >= 0.6 is 24.0 Å². The van der Waals surface area contributed by atoms with Crippen LogP contribution in [-0.4, -0.2) is 63.3 Å². The van der Waals surface area contributed by atoms with Crippen molar-refractivity contribution in [1.82, 2.24) is 15.5 Å². The molecule has 0 aromatic heterocycles. The Labute approximate surface area is 160 Å². The van der Waals surface area contributed by atoms with E-state index in [9.17, 15) is 0 Å². The maximum Gasteiger partial charge on any atom is 0.191 e. The molecule has 23 heavy (non-hydrogen) atoms. The largest absolute Gasteiger partial charge is 0.379 e. The number of rotatable bonds is 8. The molecule has 0 aromatic carbocycles. The van der Waals surface area contributed by atoms with E-state index in [2.05, 4.69) is 48.2 Å². The van der Waals surface area contributed by atoms with Crippen LogP contribution < -0.4 is 10.6 Å². The number of morpholine rings is 1. The highest BCUT2D eigenvalue weighted by Gasteiger charge is 2.23. The van der Waals surface area contributed by atoms with Gasteiger partial charge in [-0.15, -0.1) is 24.0 Å². The summed E-state index contributed by atoms with van der Waals surface area (Å²) in [5.41, 5.74) is 0. The van der Waals surface area contributed by atoms with Gasteiger partial charge in [-0.3, -0.25) is 9.89 Å². The van der Waals surface area contributed by atoms with Gasteiger partial charge < -0.3 is 15.4 Å². The molecular weight excluding hydrogens is 403 g/mol. The summed E-state index contributed by atoms with van der Waals surface area (Å²) in [6.45, 7) is 14.8. The van der Waals surface area contributed by atoms with Gasteiger partial charge in [0.15, 0.2) is 5.96 Å². The quantitative estimate of drug-likeness (QED) is 0.346. The molecule has 1 unspecified atom stereocenters. The first-order valence-corrected chi connectivity index (χ1v) is 8.88. The lowest BCUT2D eigenvalue weighted by Crippen LogP contribution is -2.52. The van der Waals surface area contributed by atoms with Crippen molar-refractivity contribution in [2.24, 2.45) is 16.8 Å². The van der Waals surface area contributed by atoms with Gasteiger partial charge in [-0.1, -0.05) is 40.5 Å². The van der Waals surface area contributed by atoms with Crippen LogP contribution in [0.15, 0.2) is 4.99 Å². The Morgan fingerprint density at radius 2 is 1.65 bits per heavy atom. The Morgan fingerprint density at radius 3 is 2.13 bits per heavy atom. The Morgan fingerprint density at radius 1 is 1.09 bits per heavy atom. The smallest absolute Gasteiger partial charge is 0.191 e. The fourth-order valence-corrected chi connectivity index (χ4v) is 2.94. The van der Waals surface area contributed by atoms with Crippen LogP contribution in [0.5, 0.6) is 0 Å². The van der Waals surface area contributed by atoms with Crippen molar-refractivity contribution in [3.63, 3.8) is 0 Å². The van der Waals surface area contributed by atoms with E-state index in [1.54, 1.807) is 0 Å². The summed E-state index contributed by atoms with van der Waals surface area (Å²) in [5, 5.41) is 6.97. The Bertz CT molecular complexity index is 316. The standard InChI is InChI=1S/C17H36N4O.HI/c1-6-15(7-2)12-19-17(18-5)20-13-16(14(3)4)21-8-10-22-11-9-21;/h14-16H,6-13H2,1-5H3,(H2,18,19,20);1H. The summed E-state index contributed by atoms with van der Waals surface area (Å²) in [7, 11) is 1.85. The maximum absolute atomic E-state index is 5.47. The van der Waals surface area contributed by atoms with Gasteiger partial charge in [0.05, 0.1) is 13.2 Å². The van der Waals surface area contributed by atoms with Crippen molar-refractivity contribution < 1.29 is 4.74 Å². The number of nitrogens with zero attached hydrogens (tertiary/aromatic N) is 2. The fraction of sp³-hybridized carbons (Fsp3) is 0.941. The Hall–Kier alpha value is -0.0800. The van der Waals surface area contributed by atoms with Crippen molar-refractivity contribution in [1.29, 1.82) is 0 Å². The number of nitrogens with one attached hydrogen (secondary N) is 2. The minimum atomic E-state index is 0. The molecule has 0 radical (unpaired) electrons. The molecule has 5 nitrogen and oxygen atoms in total. The summed E-state index contributed by atoms with van der Waals surface area (Å²) in [5.74, 6) is 2.26. The molecule has 1 aliphatic rings. The van der Waals surface area contributed by atoms with Crippen molar-refractivity contribution in [3.8, 4) is 0 Å². The summed E-state index contributed by atoms with van der Waals surface area (Å²) in [6.07, 6.45) is 2.42. The van der Waals surface area contributed by atoms with Gasteiger partial charge in [0.25, 0.3) is 0 Å². The molecule has 0 spiro atoms. The predicted octanol–water partition coefficient (Wildman–Crippen LogP) is 2.56. The van der Waals surface area contributed by atoms with Crippen LogP contribution in [0.1, 0.15) is 40.5 Å². The van der Waals surface area contributed by atoms with E-state index in [1.165, 1.54) is 12.8 Å². The van der Waals surface area contributed by atoms with Crippen LogP contribution in [0, 0.1) is 11.8 Å². The Balaban J connectivity index is 0.00000484. The highest BCUT2D eigenvalue weighted by Crippen LogP contribution is 2.12. The van der Waals surface area contributed by atoms with E-state index in [0.29, 0.717) is 12.0 Å². The van der Waals surface area contributed by atoms with E-state index in [-0.39, 0.29) is 24.0 Å².